The summed E-state index contributed by atoms with van der Waals surface area (Å²) in [6.45, 7) is 7.61. The van der Waals surface area contributed by atoms with Crippen LogP contribution in [-0.4, -0.2) is 65.9 Å². The van der Waals surface area contributed by atoms with Crippen LogP contribution in [0, 0.1) is 0 Å². The average molecular weight is 607 g/mol. The number of carbonyl (C=O) groups excluding carboxylic acids is 2. The Hall–Kier alpha value is -3.68. The van der Waals surface area contributed by atoms with Gasteiger partial charge in [0.1, 0.15) is 17.2 Å². The van der Waals surface area contributed by atoms with Gasteiger partial charge in [0.25, 0.3) is 5.91 Å². The Balaban J connectivity index is 1.38. The molecule has 0 bridgehead atoms. The van der Waals surface area contributed by atoms with Crippen LogP contribution in [0.5, 0.6) is 5.75 Å². The van der Waals surface area contributed by atoms with Gasteiger partial charge in [-0.3, -0.25) is 14.6 Å². The van der Waals surface area contributed by atoms with E-state index < -0.39 is 30.3 Å². The van der Waals surface area contributed by atoms with Gasteiger partial charge in [-0.05, 0) is 81.5 Å². The number of aromatic nitrogens is 1. The molecule has 43 heavy (non-hydrogen) atoms. The molecule has 2 amide bonds. The topological polar surface area (TPSA) is 102 Å². The molecular weight excluding hydrogens is 569 g/mol. The van der Waals surface area contributed by atoms with Crippen molar-refractivity contribution in [3.05, 3.63) is 59.8 Å². The van der Waals surface area contributed by atoms with Gasteiger partial charge in [0, 0.05) is 44.9 Å². The second-order valence-corrected chi connectivity index (χ2v) is 11.4. The summed E-state index contributed by atoms with van der Waals surface area (Å²) in [4.78, 5) is 38.9. The minimum absolute atomic E-state index is 0.249. The number of halogens is 3. The normalized spacial score (nSPS) is 19.8. The monoisotopic (exact) mass is 606 g/mol. The fourth-order valence-corrected chi connectivity index (χ4v) is 4.73. The number of pyridine rings is 1. The van der Waals surface area contributed by atoms with Crippen LogP contribution >= 0.6 is 0 Å². The first-order chi connectivity index (χ1) is 20.3. The number of rotatable bonds is 9. The lowest BCUT2D eigenvalue weighted by molar-refractivity contribution is -0.274. The fraction of sp³-hybridized carbons (Fsp3) is 0.500. The number of carbonyl (C=O) groups is 2. The van der Waals surface area contributed by atoms with Crippen LogP contribution in [0.15, 0.2) is 48.7 Å². The summed E-state index contributed by atoms with van der Waals surface area (Å²) in [7, 11) is 0. The van der Waals surface area contributed by atoms with E-state index in [2.05, 4.69) is 20.1 Å². The molecule has 2 fully saturated rings. The molecule has 10 nitrogen and oxygen atoms in total. The predicted molar refractivity (Wildman–Crippen MR) is 152 cm³/mol. The molecule has 2 saturated heterocycles. The predicted octanol–water partition coefficient (Wildman–Crippen LogP) is 5.58. The van der Waals surface area contributed by atoms with Crippen molar-refractivity contribution in [3.63, 3.8) is 0 Å². The van der Waals surface area contributed by atoms with Crippen molar-refractivity contribution in [2.24, 2.45) is 0 Å². The third kappa shape index (κ3) is 10.5. The second-order valence-electron chi connectivity index (χ2n) is 11.4. The van der Waals surface area contributed by atoms with Gasteiger partial charge in [-0.1, -0.05) is 12.1 Å². The zero-order valence-corrected chi connectivity index (χ0v) is 24.4. The molecule has 3 heterocycles. The van der Waals surface area contributed by atoms with E-state index in [9.17, 15) is 22.8 Å². The summed E-state index contributed by atoms with van der Waals surface area (Å²) >= 11 is 0. The first kappa shape index (κ1) is 32.2. The van der Waals surface area contributed by atoms with Gasteiger partial charge in [0.05, 0.1) is 6.04 Å². The standard InChI is InChI=1S/C30H37F3N4O6/c1-29(2,3)42-28(39)37(23-15-16-36(20-23)19-22-7-11-24(12-8-22)41-30(31,32)33)25-13-9-21(18-34-25)10-14-26(38)35-43-27-6-4-5-17-40-27/h7-14,18,23,27H,4-6,15-17,19-20H2,1-3H3,(H,35,38)/b14-10+/t23-,27?/m1/s1. The summed E-state index contributed by atoms with van der Waals surface area (Å²) < 4.78 is 52.5. The SMILES string of the molecule is CC(C)(C)OC(=O)N(c1ccc(/C=C/C(=O)NOC2CCCCO2)cn1)[C@@H]1CCN(Cc2ccc(OC(F)(F)F)cc2)C1. The number of nitrogens with zero attached hydrogens (tertiary/aromatic N) is 3. The number of amides is 2. The van der Waals surface area contributed by atoms with Crippen molar-refractivity contribution in [2.45, 2.75) is 77.3 Å². The van der Waals surface area contributed by atoms with Gasteiger partial charge < -0.3 is 14.2 Å². The minimum Gasteiger partial charge on any atom is -0.443 e. The Bertz CT molecular complexity index is 1240. The van der Waals surface area contributed by atoms with Gasteiger partial charge >= 0.3 is 12.5 Å². The Morgan fingerprint density at radius 1 is 1.12 bits per heavy atom. The number of ether oxygens (including phenoxy) is 3. The number of anilines is 1. The molecule has 0 spiro atoms. The summed E-state index contributed by atoms with van der Waals surface area (Å²) in [6.07, 6.45) is 2.04. The lowest BCUT2D eigenvalue weighted by atomic mass is 10.2. The maximum Gasteiger partial charge on any atom is 0.573 e. The third-order valence-electron chi connectivity index (χ3n) is 6.64. The van der Waals surface area contributed by atoms with Gasteiger partial charge in [-0.2, -0.15) is 0 Å². The van der Waals surface area contributed by atoms with E-state index >= 15 is 0 Å². The molecule has 2 aromatic rings. The zero-order chi connectivity index (χ0) is 31.0. The summed E-state index contributed by atoms with van der Waals surface area (Å²) in [6, 6.07) is 8.92. The number of alkyl halides is 3. The van der Waals surface area contributed by atoms with E-state index in [0.29, 0.717) is 44.0 Å². The molecular formula is C30H37F3N4O6. The number of hydrogen-bond donors (Lipinski definition) is 1. The molecule has 13 heteroatoms. The van der Waals surface area contributed by atoms with Gasteiger partial charge in [-0.15, -0.1) is 13.2 Å². The number of nitrogens with one attached hydrogen (secondary N) is 1. The van der Waals surface area contributed by atoms with Crippen molar-refractivity contribution in [2.75, 3.05) is 24.6 Å². The summed E-state index contributed by atoms with van der Waals surface area (Å²) in [5.74, 6) is -0.324. The molecule has 0 saturated carbocycles. The molecule has 2 aliphatic heterocycles. The van der Waals surface area contributed by atoms with E-state index in [1.807, 2.05) is 0 Å². The van der Waals surface area contributed by atoms with Crippen molar-refractivity contribution >= 4 is 23.9 Å². The highest BCUT2D eigenvalue weighted by atomic mass is 19.4. The quantitative estimate of drug-likeness (QED) is 0.292. The van der Waals surface area contributed by atoms with E-state index in [-0.39, 0.29) is 11.8 Å². The Morgan fingerprint density at radius 3 is 2.51 bits per heavy atom. The highest BCUT2D eigenvalue weighted by molar-refractivity contribution is 5.91. The smallest absolute Gasteiger partial charge is 0.443 e. The molecule has 2 atom stereocenters. The molecule has 0 radical (unpaired) electrons. The van der Waals surface area contributed by atoms with Crippen LogP contribution in [-0.2, 0) is 25.7 Å². The molecule has 1 unspecified atom stereocenters. The minimum atomic E-state index is -4.75. The van der Waals surface area contributed by atoms with Crippen LogP contribution in [0.25, 0.3) is 6.08 Å². The summed E-state index contributed by atoms with van der Waals surface area (Å²) in [5, 5.41) is 0. The van der Waals surface area contributed by atoms with Crippen molar-refractivity contribution in [1.82, 2.24) is 15.4 Å². The number of likely N-dealkylation sites (tertiary alicyclic amines) is 1. The van der Waals surface area contributed by atoms with E-state index in [0.717, 1.165) is 24.8 Å². The van der Waals surface area contributed by atoms with Gasteiger partial charge in [0.15, 0.2) is 6.29 Å². The van der Waals surface area contributed by atoms with Crippen LogP contribution in [0.3, 0.4) is 0 Å². The maximum absolute atomic E-state index is 13.3. The average Bonchev–Trinajstić information content (AvgIpc) is 3.39. The summed E-state index contributed by atoms with van der Waals surface area (Å²) in [5.41, 5.74) is 3.09. The first-order valence-corrected chi connectivity index (χ1v) is 14.2. The largest absolute Gasteiger partial charge is 0.573 e. The molecule has 1 aromatic heterocycles. The van der Waals surface area contributed by atoms with Gasteiger partial charge in [-0.25, -0.2) is 20.1 Å². The molecule has 1 aromatic carbocycles. The van der Waals surface area contributed by atoms with Crippen LogP contribution < -0.4 is 15.1 Å². The number of benzene rings is 1. The fourth-order valence-electron chi connectivity index (χ4n) is 4.73. The van der Waals surface area contributed by atoms with Crippen LogP contribution in [0.2, 0.25) is 0 Å². The van der Waals surface area contributed by atoms with E-state index in [4.69, 9.17) is 14.3 Å². The van der Waals surface area contributed by atoms with Crippen LogP contribution in [0.1, 0.15) is 57.6 Å². The highest BCUT2D eigenvalue weighted by Crippen LogP contribution is 2.27. The Kier molecular flexibility index (Phi) is 10.6. The Labute approximate surface area is 248 Å². The van der Waals surface area contributed by atoms with Crippen LogP contribution in [0.4, 0.5) is 23.8 Å². The molecule has 234 valence electrons. The van der Waals surface area contributed by atoms with Crippen molar-refractivity contribution in [1.29, 1.82) is 0 Å². The molecule has 2 aliphatic rings. The Morgan fingerprint density at radius 2 is 1.88 bits per heavy atom. The zero-order valence-electron chi connectivity index (χ0n) is 24.4. The lowest BCUT2D eigenvalue weighted by Crippen LogP contribution is -2.45. The number of hydroxylamine groups is 1. The maximum atomic E-state index is 13.3. The third-order valence-corrected chi connectivity index (χ3v) is 6.64. The number of hydrogen-bond acceptors (Lipinski definition) is 8. The first-order valence-electron chi connectivity index (χ1n) is 14.2. The van der Waals surface area contributed by atoms with Crippen molar-refractivity contribution < 1.29 is 41.8 Å². The van der Waals surface area contributed by atoms with Crippen molar-refractivity contribution in [3.8, 4) is 5.75 Å². The molecule has 0 aliphatic carbocycles. The highest BCUT2D eigenvalue weighted by Gasteiger charge is 2.35. The molecule has 1 N–H and O–H groups in total. The second kappa shape index (κ2) is 14.2. The van der Waals surface area contributed by atoms with E-state index in [1.165, 1.54) is 23.1 Å². The van der Waals surface area contributed by atoms with Gasteiger partial charge in [0.2, 0.25) is 0 Å². The lowest BCUT2D eigenvalue weighted by Gasteiger charge is -2.31. The van der Waals surface area contributed by atoms with E-state index in [1.54, 1.807) is 57.3 Å². The molecule has 4 rings (SSSR count).